The molecule has 3 aromatic rings. The normalized spacial score (nSPS) is 11.0. The van der Waals surface area contributed by atoms with Crippen LogP contribution in [0.3, 0.4) is 0 Å². The summed E-state index contributed by atoms with van der Waals surface area (Å²) in [5.74, 6) is -0.815. The maximum atomic E-state index is 11.2. The van der Waals surface area contributed by atoms with Crippen molar-refractivity contribution in [3.05, 3.63) is 57.2 Å². The van der Waals surface area contributed by atoms with E-state index in [0.717, 1.165) is 36.9 Å². The number of rotatable bonds is 3. The fraction of sp³-hybridized carbons (Fsp3) is 0.118. The Kier molecular flexibility index (Phi) is 3.71. The van der Waals surface area contributed by atoms with Crippen LogP contribution in [0, 0.1) is 10.5 Å². The maximum Gasteiger partial charge on any atom is 0.307 e. The van der Waals surface area contributed by atoms with Gasteiger partial charge in [0, 0.05) is 20.0 Å². The first-order chi connectivity index (χ1) is 10.1. The zero-order chi connectivity index (χ0) is 15.0. The molecule has 0 spiro atoms. The number of halogens is 1. The third kappa shape index (κ3) is 2.68. The lowest BCUT2D eigenvalue weighted by atomic mass is 9.99. The van der Waals surface area contributed by atoms with Gasteiger partial charge in [-0.05, 0) is 58.8 Å². The highest BCUT2D eigenvalue weighted by atomic mass is 127. The standard InChI is InChI=1S/C17H14INO2/c1-10-4-2-3-5-12(10)17-14(9-16(20)21)13-8-11(18)6-7-15(13)19-17/h2-8,19H,9H2,1H3,(H,20,21). The molecule has 3 nitrogen and oxygen atoms in total. The van der Waals surface area contributed by atoms with E-state index in [2.05, 4.69) is 27.6 Å². The monoisotopic (exact) mass is 391 g/mol. The summed E-state index contributed by atoms with van der Waals surface area (Å²) in [6, 6.07) is 14.1. The first-order valence-corrected chi connectivity index (χ1v) is 7.72. The molecule has 2 N–H and O–H groups in total. The average Bonchev–Trinajstić information content (AvgIpc) is 2.77. The predicted octanol–water partition coefficient (Wildman–Crippen LogP) is 4.38. The number of H-pyrrole nitrogens is 1. The Bertz CT molecular complexity index is 836. The van der Waals surface area contributed by atoms with Gasteiger partial charge in [-0.3, -0.25) is 4.79 Å². The number of benzene rings is 2. The molecule has 0 amide bonds. The van der Waals surface area contributed by atoms with Crippen LogP contribution in [-0.2, 0) is 11.2 Å². The van der Waals surface area contributed by atoms with Crippen LogP contribution < -0.4 is 0 Å². The second-order valence-electron chi connectivity index (χ2n) is 5.05. The number of carboxylic acid groups (broad SMARTS) is 1. The van der Waals surface area contributed by atoms with Crippen LogP contribution in [0.4, 0.5) is 0 Å². The second-order valence-corrected chi connectivity index (χ2v) is 6.30. The van der Waals surface area contributed by atoms with Crippen molar-refractivity contribution < 1.29 is 9.90 Å². The average molecular weight is 391 g/mol. The zero-order valence-corrected chi connectivity index (χ0v) is 13.6. The molecule has 0 saturated heterocycles. The molecule has 0 saturated carbocycles. The number of aromatic amines is 1. The number of aliphatic carboxylic acids is 1. The largest absolute Gasteiger partial charge is 0.481 e. The number of aromatic nitrogens is 1. The van der Waals surface area contributed by atoms with Gasteiger partial charge in [-0.15, -0.1) is 0 Å². The summed E-state index contributed by atoms with van der Waals surface area (Å²) in [6.07, 6.45) is 0.0176. The molecule has 0 atom stereocenters. The summed E-state index contributed by atoms with van der Waals surface area (Å²) in [7, 11) is 0. The molecule has 0 bridgehead atoms. The maximum absolute atomic E-state index is 11.2. The number of hydrogen-bond acceptors (Lipinski definition) is 1. The zero-order valence-electron chi connectivity index (χ0n) is 11.5. The lowest BCUT2D eigenvalue weighted by Crippen LogP contribution is -2.01. The first kappa shape index (κ1) is 14.1. The molecule has 0 unspecified atom stereocenters. The van der Waals surface area contributed by atoms with Gasteiger partial charge in [0.2, 0.25) is 0 Å². The molecule has 0 radical (unpaired) electrons. The first-order valence-electron chi connectivity index (χ1n) is 6.64. The predicted molar refractivity (Wildman–Crippen MR) is 92.5 cm³/mol. The molecule has 106 valence electrons. The molecule has 4 heteroatoms. The van der Waals surface area contributed by atoms with Gasteiger partial charge in [0.1, 0.15) is 0 Å². The van der Waals surface area contributed by atoms with E-state index in [1.165, 1.54) is 0 Å². The molecule has 0 fully saturated rings. The number of carboxylic acids is 1. The SMILES string of the molecule is Cc1ccccc1-c1[nH]c2ccc(I)cc2c1CC(=O)O. The van der Waals surface area contributed by atoms with E-state index < -0.39 is 5.97 Å². The number of fused-ring (bicyclic) bond motifs is 1. The van der Waals surface area contributed by atoms with Crippen molar-refractivity contribution in [1.82, 2.24) is 4.98 Å². The Morgan fingerprint density at radius 2 is 2.00 bits per heavy atom. The highest BCUT2D eigenvalue weighted by molar-refractivity contribution is 14.1. The van der Waals surface area contributed by atoms with Gasteiger partial charge in [0.15, 0.2) is 0 Å². The smallest absolute Gasteiger partial charge is 0.307 e. The fourth-order valence-electron chi connectivity index (χ4n) is 2.64. The van der Waals surface area contributed by atoms with E-state index in [4.69, 9.17) is 0 Å². The van der Waals surface area contributed by atoms with Crippen molar-refractivity contribution in [3.63, 3.8) is 0 Å². The van der Waals surface area contributed by atoms with Crippen molar-refractivity contribution in [2.75, 3.05) is 0 Å². The molecular weight excluding hydrogens is 377 g/mol. The minimum atomic E-state index is -0.815. The lowest BCUT2D eigenvalue weighted by molar-refractivity contribution is -0.136. The van der Waals surface area contributed by atoms with Crippen LogP contribution in [0.25, 0.3) is 22.2 Å². The van der Waals surface area contributed by atoms with Crippen LogP contribution in [0.1, 0.15) is 11.1 Å². The van der Waals surface area contributed by atoms with Crippen molar-refractivity contribution in [1.29, 1.82) is 0 Å². The minimum Gasteiger partial charge on any atom is -0.481 e. The molecule has 1 heterocycles. The Morgan fingerprint density at radius 1 is 1.24 bits per heavy atom. The number of carbonyl (C=O) groups is 1. The molecule has 2 aromatic carbocycles. The molecular formula is C17H14INO2. The Morgan fingerprint density at radius 3 is 2.71 bits per heavy atom. The van der Waals surface area contributed by atoms with E-state index in [1.807, 2.05) is 49.4 Å². The Hall–Kier alpha value is -1.82. The summed E-state index contributed by atoms with van der Waals surface area (Å²) in [6.45, 7) is 2.04. The van der Waals surface area contributed by atoms with E-state index in [-0.39, 0.29) is 6.42 Å². The van der Waals surface area contributed by atoms with Crippen LogP contribution in [0.15, 0.2) is 42.5 Å². The quantitative estimate of drug-likeness (QED) is 0.652. The van der Waals surface area contributed by atoms with Gasteiger partial charge in [-0.2, -0.15) is 0 Å². The van der Waals surface area contributed by atoms with Crippen molar-refractivity contribution >= 4 is 39.5 Å². The lowest BCUT2D eigenvalue weighted by Gasteiger charge is -2.06. The molecule has 0 aliphatic carbocycles. The number of hydrogen-bond donors (Lipinski definition) is 2. The van der Waals surface area contributed by atoms with Crippen LogP contribution in [0.2, 0.25) is 0 Å². The van der Waals surface area contributed by atoms with Crippen LogP contribution >= 0.6 is 22.6 Å². The fourth-order valence-corrected chi connectivity index (χ4v) is 3.13. The van der Waals surface area contributed by atoms with Crippen molar-refractivity contribution in [3.8, 4) is 11.3 Å². The Labute approximate surface area is 136 Å². The summed E-state index contributed by atoms with van der Waals surface area (Å²) in [5.41, 5.74) is 4.92. The van der Waals surface area contributed by atoms with Gasteiger partial charge in [-0.1, -0.05) is 24.3 Å². The molecule has 1 aromatic heterocycles. The topological polar surface area (TPSA) is 53.1 Å². The van der Waals surface area contributed by atoms with Gasteiger partial charge >= 0.3 is 5.97 Å². The summed E-state index contributed by atoms with van der Waals surface area (Å²) in [5, 5.41) is 10.2. The van der Waals surface area contributed by atoms with E-state index in [9.17, 15) is 9.90 Å². The van der Waals surface area contributed by atoms with Gasteiger partial charge in [-0.25, -0.2) is 0 Å². The van der Waals surface area contributed by atoms with Crippen molar-refractivity contribution in [2.45, 2.75) is 13.3 Å². The van der Waals surface area contributed by atoms with Gasteiger partial charge < -0.3 is 10.1 Å². The molecule has 0 aliphatic rings. The van der Waals surface area contributed by atoms with E-state index >= 15 is 0 Å². The third-order valence-corrected chi connectivity index (χ3v) is 4.28. The van der Waals surface area contributed by atoms with Gasteiger partial charge in [0.05, 0.1) is 12.1 Å². The number of aryl methyl sites for hydroxylation is 1. The number of nitrogens with one attached hydrogen (secondary N) is 1. The van der Waals surface area contributed by atoms with E-state index in [1.54, 1.807) is 0 Å². The third-order valence-electron chi connectivity index (χ3n) is 3.61. The molecule has 0 aliphatic heterocycles. The van der Waals surface area contributed by atoms with Crippen molar-refractivity contribution in [2.24, 2.45) is 0 Å². The Balaban J connectivity index is 2.31. The highest BCUT2D eigenvalue weighted by Gasteiger charge is 2.17. The second kappa shape index (κ2) is 5.52. The summed E-state index contributed by atoms with van der Waals surface area (Å²) in [4.78, 5) is 14.6. The highest BCUT2D eigenvalue weighted by Crippen LogP contribution is 2.33. The van der Waals surface area contributed by atoms with Crippen LogP contribution in [0.5, 0.6) is 0 Å². The summed E-state index contributed by atoms with van der Waals surface area (Å²) >= 11 is 2.25. The molecule has 3 rings (SSSR count). The van der Waals surface area contributed by atoms with E-state index in [0.29, 0.717) is 0 Å². The van der Waals surface area contributed by atoms with Gasteiger partial charge in [0.25, 0.3) is 0 Å². The minimum absolute atomic E-state index is 0.0176. The van der Waals surface area contributed by atoms with Crippen LogP contribution in [-0.4, -0.2) is 16.1 Å². The molecule has 21 heavy (non-hydrogen) atoms. The summed E-state index contributed by atoms with van der Waals surface area (Å²) < 4.78 is 1.10.